The number of rotatable bonds is 17. The third-order valence-electron chi connectivity index (χ3n) is 10.5. The van der Waals surface area contributed by atoms with Crippen LogP contribution in [0.15, 0.2) is 84.9 Å². The highest BCUT2D eigenvalue weighted by Gasteiger charge is 2.33. The molecule has 69 heavy (non-hydrogen) atoms. The van der Waals surface area contributed by atoms with Crippen LogP contribution in [0.1, 0.15) is 68.1 Å². The number of nitrogens with two attached hydrogens (primary N) is 3. The number of ether oxygens (including phenoxy) is 2. The number of benzene rings is 4. The van der Waals surface area contributed by atoms with Crippen molar-refractivity contribution in [1.29, 1.82) is 5.26 Å². The Bertz CT molecular complexity index is 2340. The van der Waals surface area contributed by atoms with Gasteiger partial charge in [-0.3, -0.25) is 24.0 Å². The Kier molecular flexibility index (Phi) is 24.1. The van der Waals surface area contributed by atoms with Gasteiger partial charge in [-0.15, -0.1) is 0 Å². The molecule has 5 amide bonds. The molecule has 0 aromatic heterocycles. The Morgan fingerprint density at radius 2 is 1.41 bits per heavy atom. The van der Waals surface area contributed by atoms with E-state index in [9.17, 15) is 34.2 Å². The maximum atomic E-state index is 14.3. The Labute approximate surface area is 408 Å². The largest absolute Gasteiger partial charge is 0.490 e. The number of unbranched alkanes of at least 4 members (excludes halogenated alkanes) is 1. The van der Waals surface area contributed by atoms with Crippen LogP contribution < -0.4 is 47.9 Å². The van der Waals surface area contributed by atoms with Crippen molar-refractivity contribution in [2.75, 3.05) is 53.0 Å². The SMILES string of the molecule is CC.CCCCN.C[C@@H]1NC(=O)C(N(C)C(=O)CNC(=O)c2ccc(-c3ccc(Cl)cc3)cc2)c2ccc(OCC(O)CN)c(c2)-c2cc(ccc2OCC(O)CN)CC(C(=O)NCC#N)NC1=O. The first-order chi connectivity index (χ1) is 33.1. The van der Waals surface area contributed by atoms with E-state index < -0.39 is 66.4 Å². The number of carbonyl (C=O) groups excluding carboxylic acids is 5. The van der Waals surface area contributed by atoms with Crippen molar-refractivity contribution in [3.63, 3.8) is 0 Å². The van der Waals surface area contributed by atoms with Crippen LogP contribution in [-0.4, -0.2) is 122 Å². The molecule has 0 saturated heterocycles. The molecule has 0 aliphatic carbocycles. The Morgan fingerprint density at radius 3 is 1.94 bits per heavy atom. The molecule has 0 spiro atoms. The molecule has 4 aromatic carbocycles. The predicted octanol–water partition coefficient (Wildman–Crippen LogP) is 2.96. The monoisotopic (exact) mass is 971 g/mol. The molecule has 0 fully saturated rings. The van der Waals surface area contributed by atoms with Crippen molar-refractivity contribution in [3.05, 3.63) is 107 Å². The molecule has 4 unspecified atom stereocenters. The van der Waals surface area contributed by atoms with Gasteiger partial charge < -0.3 is 63.1 Å². The summed E-state index contributed by atoms with van der Waals surface area (Å²) in [7, 11) is 1.37. The number of aliphatic hydroxyl groups is 2. The molecule has 19 heteroatoms. The number of aliphatic hydroxyl groups excluding tert-OH is 2. The smallest absolute Gasteiger partial charge is 0.251 e. The Morgan fingerprint density at radius 1 is 0.841 bits per heavy atom. The van der Waals surface area contributed by atoms with Gasteiger partial charge in [-0.2, -0.15) is 5.26 Å². The van der Waals surface area contributed by atoms with Crippen LogP contribution in [0.25, 0.3) is 22.3 Å². The molecule has 0 saturated carbocycles. The minimum absolute atomic E-state index is 0.0672. The minimum atomic E-state index is -1.42. The summed E-state index contributed by atoms with van der Waals surface area (Å²) in [5.41, 5.74) is 19.9. The number of nitrogens with one attached hydrogen (secondary N) is 4. The molecule has 18 nitrogen and oxygen atoms in total. The maximum absolute atomic E-state index is 14.3. The Balaban J connectivity index is 0.00000169. The summed E-state index contributed by atoms with van der Waals surface area (Å²) in [5.74, 6) is -2.95. The normalized spacial score (nSPS) is 16.1. The molecule has 372 valence electrons. The van der Waals surface area contributed by atoms with E-state index in [-0.39, 0.29) is 61.9 Å². The van der Waals surface area contributed by atoms with Crippen molar-refractivity contribution in [3.8, 4) is 39.8 Å². The molecule has 4 bridgehead atoms. The van der Waals surface area contributed by atoms with Gasteiger partial charge in [0.25, 0.3) is 5.91 Å². The first-order valence-electron chi connectivity index (χ1n) is 22.8. The Hall–Kier alpha value is -6.59. The van der Waals surface area contributed by atoms with E-state index in [1.165, 1.54) is 38.9 Å². The van der Waals surface area contributed by atoms with Gasteiger partial charge in [0.1, 0.15) is 61.6 Å². The van der Waals surface area contributed by atoms with Crippen molar-refractivity contribution >= 4 is 41.1 Å². The van der Waals surface area contributed by atoms with E-state index >= 15 is 0 Å². The number of halogens is 1. The van der Waals surface area contributed by atoms with Crippen molar-refractivity contribution in [2.24, 2.45) is 17.2 Å². The molecule has 5 atom stereocenters. The fraction of sp³-hybridized carbons (Fsp3) is 0.400. The van der Waals surface area contributed by atoms with Crippen LogP contribution in [0.5, 0.6) is 11.5 Å². The second-order valence-corrected chi connectivity index (χ2v) is 16.1. The molecule has 1 heterocycles. The number of nitrogens with zero attached hydrogens (tertiary/aromatic N) is 2. The van der Waals surface area contributed by atoms with Gasteiger partial charge in [0.15, 0.2) is 0 Å². The predicted molar refractivity (Wildman–Crippen MR) is 265 cm³/mol. The van der Waals surface area contributed by atoms with Gasteiger partial charge in [-0.05, 0) is 90.7 Å². The van der Waals surface area contributed by atoms with Crippen LogP contribution >= 0.6 is 11.6 Å². The van der Waals surface area contributed by atoms with Crippen LogP contribution in [0.4, 0.5) is 0 Å². The average Bonchev–Trinajstić information content (AvgIpc) is 3.36. The van der Waals surface area contributed by atoms with Crippen molar-refractivity contribution in [1.82, 2.24) is 26.2 Å². The first-order valence-corrected chi connectivity index (χ1v) is 23.2. The van der Waals surface area contributed by atoms with E-state index in [2.05, 4.69) is 28.2 Å². The van der Waals surface area contributed by atoms with Crippen molar-refractivity contribution < 1.29 is 43.7 Å². The van der Waals surface area contributed by atoms with Crippen LogP contribution in [0.2, 0.25) is 5.02 Å². The molecule has 5 rings (SSSR count). The number of hydrogen-bond donors (Lipinski definition) is 9. The summed E-state index contributed by atoms with van der Waals surface area (Å²) in [4.78, 5) is 69.5. The summed E-state index contributed by atoms with van der Waals surface area (Å²) in [5, 5.41) is 40.7. The van der Waals surface area contributed by atoms with Gasteiger partial charge >= 0.3 is 0 Å². The quantitative estimate of drug-likeness (QED) is 0.0689. The lowest BCUT2D eigenvalue weighted by atomic mass is 9.93. The van der Waals surface area contributed by atoms with Gasteiger partial charge in [-0.1, -0.05) is 75.2 Å². The zero-order valence-electron chi connectivity index (χ0n) is 39.8. The fourth-order valence-electron chi connectivity index (χ4n) is 6.69. The minimum Gasteiger partial charge on any atom is -0.490 e. The fourth-order valence-corrected chi connectivity index (χ4v) is 6.82. The van der Waals surface area contributed by atoms with Gasteiger partial charge in [0, 0.05) is 48.3 Å². The highest BCUT2D eigenvalue weighted by atomic mass is 35.5. The summed E-state index contributed by atoms with van der Waals surface area (Å²) in [6, 6.07) is 21.5. The van der Waals surface area contributed by atoms with Crippen LogP contribution in [0.3, 0.4) is 0 Å². The molecule has 1 aliphatic heterocycles. The molecule has 1 aliphatic rings. The molecular weight excluding hydrogens is 906 g/mol. The summed E-state index contributed by atoms with van der Waals surface area (Å²) < 4.78 is 12.1. The van der Waals surface area contributed by atoms with Gasteiger partial charge in [0.05, 0.1) is 12.6 Å². The summed E-state index contributed by atoms with van der Waals surface area (Å²) in [6.45, 7) is 6.91. The van der Waals surface area contributed by atoms with Crippen LogP contribution in [0, 0.1) is 11.3 Å². The van der Waals surface area contributed by atoms with E-state index in [1.54, 1.807) is 60.7 Å². The number of hydrogen-bond acceptors (Lipinski definition) is 13. The van der Waals surface area contributed by atoms with Crippen LogP contribution in [-0.2, 0) is 25.6 Å². The first kappa shape index (κ1) is 56.7. The summed E-state index contributed by atoms with van der Waals surface area (Å²) in [6.07, 6.45) is 0.243. The zero-order chi connectivity index (χ0) is 51.0. The zero-order valence-corrected chi connectivity index (χ0v) is 40.6. The topological polar surface area (TPSA) is 297 Å². The number of fused-ring (bicyclic) bond motifs is 5. The number of likely N-dealkylation sites (N-methyl/N-ethyl adjacent to an activating group) is 1. The second kappa shape index (κ2) is 29.3. The number of amides is 5. The maximum Gasteiger partial charge on any atom is 0.251 e. The van der Waals surface area contributed by atoms with Gasteiger partial charge in [-0.25, -0.2) is 0 Å². The number of nitriles is 1. The lowest BCUT2D eigenvalue weighted by Gasteiger charge is -2.30. The summed E-state index contributed by atoms with van der Waals surface area (Å²) >= 11 is 6.02. The number of carbonyl (C=O) groups is 5. The third-order valence-corrected chi connectivity index (χ3v) is 10.8. The lowest BCUT2D eigenvalue weighted by Crippen LogP contribution is -2.55. The van der Waals surface area contributed by atoms with E-state index in [0.29, 0.717) is 21.7 Å². The second-order valence-electron chi connectivity index (χ2n) is 15.7. The molecule has 0 radical (unpaired) electrons. The highest BCUT2D eigenvalue weighted by Crippen LogP contribution is 2.40. The van der Waals surface area contributed by atoms with E-state index in [0.717, 1.165) is 22.6 Å². The van der Waals surface area contributed by atoms with Crippen molar-refractivity contribution in [2.45, 2.75) is 77.3 Å². The lowest BCUT2D eigenvalue weighted by molar-refractivity contribution is -0.139. The molecule has 12 N–H and O–H groups in total. The van der Waals surface area contributed by atoms with E-state index in [1.807, 2.05) is 32.0 Å². The van der Waals surface area contributed by atoms with E-state index in [4.69, 9.17) is 43.5 Å². The molecule has 4 aromatic rings. The standard InChI is InChI=1S/C44H49ClN8O9.C4H11N.C2H6/c1-25-41(57)52-36(43(59)49-16-15-46)18-26-3-13-37(61-23-32(54)20-47)34(17-26)35-19-30(10-14-38(35)62-24-33(55)21-48)40(44(60)51-25)53(2)39(56)22-50-42(58)29-6-4-27(5-7-29)28-8-11-31(45)12-9-28;1-2-3-4-5;1-2/h3-14,17,19,25,32-33,36,40,54-55H,16,18,20-24,47-48H2,1-2H3,(H,49,59)(H,50,58)(H,51,60)(H,52,57);2-5H2,1H3;1-2H3/t25-,32?,33?,36?,40?;;/m0../s1. The van der Waals surface area contributed by atoms with Gasteiger partial charge in [0.2, 0.25) is 23.6 Å². The molecular formula is C50H66ClN9O9. The average molecular weight is 973 g/mol. The highest BCUT2D eigenvalue weighted by molar-refractivity contribution is 6.30. The third kappa shape index (κ3) is 17.2.